The summed E-state index contributed by atoms with van der Waals surface area (Å²) in [7, 11) is -3.46. The highest BCUT2D eigenvalue weighted by molar-refractivity contribution is 7.91. The summed E-state index contributed by atoms with van der Waals surface area (Å²) in [5, 5.41) is 3.59. The molecule has 9 heteroatoms. The van der Waals surface area contributed by atoms with Crippen LogP contribution in [0.15, 0.2) is 84.1 Å². The van der Waals surface area contributed by atoms with Crippen molar-refractivity contribution >= 4 is 27.3 Å². The number of nitrogens with zero attached hydrogens (tertiary/aromatic N) is 4. The van der Waals surface area contributed by atoms with Crippen molar-refractivity contribution in [3.63, 3.8) is 0 Å². The molecule has 4 aromatic rings. The van der Waals surface area contributed by atoms with Crippen LogP contribution in [0, 0.1) is 0 Å². The van der Waals surface area contributed by atoms with Gasteiger partial charge in [-0.3, -0.25) is 9.97 Å². The Labute approximate surface area is 185 Å². The van der Waals surface area contributed by atoms with Gasteiger partial charge in [-0.2, -0.15) is 0 Å². The summed E-state index contributed by atoms with van der Waals surface area (Å²) >= 11 is 5.85. The lowest BCUT2D eigenvalue weighted by Crippen LogP contribution is -2.16. The van der Waals surface area contributed by atoms with Crippen LogP contribution < -0.4 is 5.32 Å². The highest BCUT2D eigenvalue weighted by atomic mass is 35.5. The molecular weight excluding hydrogens is 434 g/mol. The maximum atomic E-state index is 12.6. The van der Waals surface area contributed by atoms with Crippen LogP contribution in [0.25, 0.3) is 22.8 Å². The third-order valence-electron chi connectivity index (χ3n) is 4.43. The summed E-state index contributed by atoms with van der Waals surface area (Å²) in [6, 6.07) is 17.1. The van der Waals surface area contributed by atoms with E-state index in [4.69, 9.17) is 11.6 Å². The molecule has 7 nitrogen and oxygen atoms in total. The van der Waals surface area contributed by atoms with E-state index in [0.29, 0.717) is 28.1 Å². The minimum absolute atomic E-state index is 0.0974. The summed E-state index contributed by atoms with van der Waals surface area (Å²) < 4.78 is 25.2. The first kappa shape index (κ1) is 20.9. The van der Waals surface area contributed by atoms with Crippen LogP contribution in [0.3, 0.4) is 0 Å². The lowest BCUT2D eigenvalue weighted by molar-refractivity contribution is 0.596. The van der Waals surface area contributed by atoms with Gasteiger partial charge in [0.1, 0.15) is 11.5 Å². The van der Waals surface area contributed by atoms with E-state index in [2.05, 4.69) is 25.3 Å². The molecule has 0 aliphatic rings. The van der Waals surface area contributed by atoms with E-state index in [9.17, 15) is 8.42 Å². The summed E-state index contributed by atoms with van der Waals surface area (Å²) in [4.78, 5) is 17.8. The topological polar surface area (TPSA) is 97.7 Å². The fourth-order valence-corrected chi connectivity index (χ4v) is 4.17. The molecule has 1 N–H and O–H groups in total. The first-order valence-electron chi connectivity index (χ1n) is 9.44. The lowest BCUT2D eigenvalue weighted by Gasteiger charge is -2.10. The Morgan fingerprint density at radius 1 is 0.903 bits per heavy atom. The second-order valence-electron chi connectivity index (χ2n) is 6.62. The van der Waals surface area contributed by atoms with E-state index in [1.54, 1.807) is 36.8 Å². The molecule has 0 saturated carbocycles. The Hall–Kier alpha value is -3.36. The van der Waals surface area contributed by atoms with E-state index in [-0.39, 0.29) is 17.2 Å². The SMILES string of the molecule is O=S(=O)(CCNc1cc(-c2cccnc2)nc(-c2ccccn2)n1)c1ccc(Cl)cc1. The van der Waals surface area contributed by atoms with Crippen LogP contribution in [0.5, 0.6) is 0 Å². The summed E-state index contributed by atoms with van der Waals surface area (Å²) in [5.74, 6) is 0.839. The summed E-state index contributed by atoms with van der Waals surface area (Å²) in [5.41, 5.74) is 2.09. The zero-order chi connectivity index (χ0) is 21.7. The third kappa shape index (κ3) is 5.22. The van der Waals surface area contributed by atoms with Gasteiger partial charge in [0.2, 0.25) is 0 Å². The van der Waals surface area contributed by atoms with E-state index in [1.165, 1.54) is 12.1 Å². The zero-order valence-electron chi connectivity index (χ0n) is 16.3. The molecule has 156 valence electrons. The molecule has 0 atom stereocenters. The molecule has 0 aliphatic heterocycles. The quantitative estimate of drug-likeness (QED) is 0.451. The largest absolute Gasteiger partial charge is 0.369 e. The number of hydrogen-bond acceptors (Lipinski definition) is 7. The van der Waals surface area contributed by atoms with Gasteiger partial charge >= 0.3 is 0 Å². The van der Waals surface area contributed by atoms with Gasteiger partial charge in [0.05, 0.1) is 16.3 Å². The molecule has 4 rings (SSSR count). The molecular formula is C22H18ClN5O2S. The predicted molar refractivity (Wildman–Crippen MR) is 120 cm³/mol. The fraction of sp³-hybridized carbons (Fsp3) is 0.0909. The highest BCUT2D eigenvalue weighted by Crippen LogP contribution is 2.23. The van der Waals surface area contributed by atoms with Gasteiger partial charge in [0.25, 0.3) is 0 Å². The zero-order valence-corrected chi connectivity index (χ0v) is 17.9. The number of pyridine rings is 2. The van der Waals surface area contributed by atoms with Crippen molar-refractivity contribution in [2.24, 2.45) is 0 Å². The number of sulfone groups is 1. The Morgan fingerprint density at radius 3 is 2.45 bits per heavy atom. The number of anilines is 1. The smallest absolute Gasteiger partial charge is 0.180 e. The van der Waals surface area contributed by atoms with Gasteiger partial charge in [-0.05, 0) is 48.5 Å². The van der Waals surface area contributed by atoms with Gasteiger partial charge in [-0.15, -0.1) is 0 Å². The maximum Gasteiger partial charge on any atom is 0.180 e. The van der Waals surface area contributed by atoms with E-state index >= 15 is 0 Å². The minimum Gasteiger partial charge on any atom is -0.369 e. The monoisotopic (exact) mass is 451 g/mol. The number of hydrogen-bond donors (Lipinski definition) is 1. The number of nitrogens with one attached hydrogen (secondary N) is 1. The second kappa shape index (κ2) is 9.20. The molecule has 0 unspecified atom stereocenters. The normalized spacial score (nSPS) is 11.3. The number of halogens is 1. The fourth-order valence-electron chi connectivity index (χ4n) is 2.88. The van der Waals surface area contributed by atoms with Crippen molar-refractivity contribution in [2.75, 3.05) is 17.6 Å². The molecule has 1 aromatic carbocycles. The Bertz CT molecular complexity index is 1210. The van der Waals surface area contributed by atoms with Crippen LogP contribution >= 0.6 is 11.6 Å². The molecule has 0 bridgehead atoms. The average Bonchev–Trinajstić information content (AvgIpc) is 2.80. The summed E-state index contributed by atoms with van der Waals surface area (Å²) in [6.07, 6.45) is 5.06. The van der Waals surface area contributed by atoms with Crippen LogP contribution in [0.2, 0.25) is 5.02 Å². The van der Waals surface area contributed by atoms with Crippen LogP contribution in [-0.4, -0.2) is 40.7 Å². The highest BCUT2D eigenvalue weighted by Gasteiger charge is 2.15. The maximum absolute atomic E-state index is 12.6. The van der Waals surface area contributed by atoms with Crippen molar-refractivity contribution in [2.45, 2.75) is 4.90 Å². The van der Waals surface area contributed by atoms with Gasteiger partial charge in [-0.25, -0.2) is 18.4 Å². The van der Waals surface area contributed by atoms with E-state index in [0.717, 1.165) is 5.56 Å². The van der Waals surface area contributed by atoms with Crippen LogP contribution in [0.4, 0.5) is 5.82 Å². The van der Waals surface area contributed by atoms with Crippen molar-refractivity contribution < 1.29 is 8.42 Å². The number of aromatic nitrogens is 4. The van der Waals surface area contributed by atoms with Crippen molar-refractivity contribution in [1.29, 1.82) is 0 Å². The average molecular weight is 452 g/mol. The lowest BCUT2D eigenvalue weighted by atomic mass is 10.2. The minimum atomic E-state index is -3.46. The van der Waals surface area contributed by atoms with E-state index < -0.39 is 9.84 Å². The summed E-state index contributed by atoms with van der Waals surface area (Å²) in [6.45, 7) is 0.177. The predicted octanol–water partition coefficient (Wildman–Crippen LogP) is 4.14. The van der Waals surface area contributed by atoms with Gasteiger partial charge < -0.3 is 5.32 Å². The number of rotatable bonds is 7. The first-order valence-corrected chi connectivity index (χ1v) is 11.5. The van der Waals surface area contributed by atoms with Gasteiger partial charge in [0.15, 0.2) is 15.7 Å². The molecule has 0 saturated heterocycles. The molecule has 0 radical (unpaired) electrons. The number of benzene rings is 1. The van der Waals surface area contributed by atoms with Crippen LogP contribution in [-0.2, 0) is 9.84 Å². The first-order chi connectivity index (χ1) is 15.0. The Morgan fingerprint density at radius 2 is 1.74 bits per heavy atom. The molecule has 3 aromatic heterocycles. The van der Waals surface area contributed by atoms with Crippen molar-refractivity contribution in [1.82, 2.24) is 19.9 Å². The second-order valence-corrected chi connectivity index (χ2v) is 9.16. The van der Waals surface area contributed by atoms with Crippen LogP contribution in [0.1, 0.15) is 0 Å². The Kier molecular flexibility index (Phi) is 6.20. The van der Waals surface area contributed by atoms with Crippen molar-refractivity contribution in [3.05, 3.63) is 84.3 Å². The third-order valence-corrected chi connectivity index (χ3v) is 6.41. The molecule has 0 amide bonds. The Balaban J connectivity index is 1.58. The van der Waals surface area contributed by atoms with Crippen molar-refractivity contribution in [3.8, 4) is 22.8 Å². The van der Waals surface area contributed by atoms with Gasteiger partial charge in [-0.1, -0.05) is 17.7 Å². The standard InChI is InChI=1S/C22H18ClN5O2S/c23-17-6-8-18(9-7-17)31(29,30)13-12-26-21-14-20(16-4-3-10-24-15-16)27-22(28-21)19-5-1-2-11-25-19/h1-11,14-15H,12-13H2,(H,26,27,28). The molecule has 3 heterocycles. The molecule has 0 fully saturated rings. The molecule has 0 aliphatic carbocycles. The van der Waals surface area contributed by atoms with E-state index in [1.807, 2.05) is 30.3 Å². The molecule has 31 heavy (non-hydrogen) atoms. The molecule has 0 spiro atoms. The van der Waals surface area contributed by atoms with Gasteiger partial charge in [0, 0.05) is 41.8 Å².